The molecule has 142 valence electrons. The van der Waals surface area contributed by atoms with Crippen molar-refractivity contribution in [2.24, 2.45) is 0 Å². The highest BCUT2D eigenvalue weighted by Gasteiger charge is 2.27. The molecule has 1 atom stereocenters. The first-order valence-corrected chi connectivity index (χ1v) is 11.4. The van der Waals surface area contributed by atoms with Crippen LogP contribution in [0, 0.1) is 20.8 Å². The largest absolute Gasteiger partial charge is 0.366 e. The van der Waals surface area contributed by atoms with E-state index in [0.717, 1.165) is 13.1 Å². The Morgan fingerprint density at radius 2 is 1.59 bits per heavy atom. The number of rotatable bonds is 5. The number of hydrogen-bond donors (Lipinski definition) is 0. The Kier molecular flexibility index (Phi) is 6.01. The normalized spacial score (nSPS) is 15.3. The SMILES string of the molecule is Cc1cc(C)c(N2C=CN(CBP(c3ccccc3)C(C)(C)C)C2)c(C)c1. The van der Waals surface area contributed by atoms with E-state index in [9.17, 15) is 0 Å². The average molecular weight is 378 g/mol. The Bertz CT molecular complexity index is 788. The molecular weight excluding hydrogens is 346 g/mol. The summed E-state index contributed by atoms with van der Waals surface area (Å²) < 4.78 is 0. The highest BCUT2D eigenvalue weighted by Crippen LogP contribution is 2.46. The number of anilines is 1. The molecule has 0 aliphatic carbocycles. The van der Waals surface area contributed by atoms with Crippen LogP contribution in [-0.4, -0.2) is 30.2 Å². The van der Waals surface area contributed by atoms with Crippen LogP contribution >= 0.6 is 7.80 Å². The van der Waals surface area contributed by atoms with E-state index >= 15 is 0 Å². The van der Waals surface area contributed by atoms with Gasteiger partial charge in [-0.3, -0.25) is 0 Å². The lowest BCUT2D eigenvalue weighted by atomic mass is 10.0. The van der Waals surface area contributed by atoms with Crippen LogP contribution in [0.15, 0.2) is 54.9 Å². The monoisotopic (exact) mass is 378 g/mol. The smallest absolute Gasteiger partial charge is 0.181 e. The number of nitrogens with zero attached hydrogens (tertiary/aromatic N) is 2. The minimum absolute atomic E-state index is 0.192. The third-order valence-corrected chi connectivity index (χ3v) is 8.39. The van der Waals surface area contributed by atoms with Gasteiger partial charge < -0.3 is 9.80 Å². The summed E-state index contributed by atoms with van der Waals surface area (Å²) in [5.41, 5.74) is 5.42. The summed E-state index contributed by atoms with van der Waals surface area (Å²) in [6, 6.07) is 15.7. The molecule has 1 unspecified atom stereocenters. The van der Waals surface area contributed by atoms with Crippen molar-refractivity contribution in [3.63, 3.8) is 0 Å². The first kappa shape index (κ1) is 20.0. The van der Waals surface area contributed by atoms with Crippen LogP contribution in [0.25, 0.3) is 0 Å². The number of benzene rings is 2. The predicted octanol–water partition coefficient (Wildman–Crippen LogP) is 5.08. The molecule has 0 amide bonds. The summed E-state index contributed by atoms with van der Waals surface area (Å²) in [5, 5.41) is 1.84. The van der Waals surface area contributed by atoms with Crippen molar-refractivity contribution in [2.75, 3.05) is 18.0 Å². The van der Waals surface area contributed by atoms with Gasteiger partial charge in [0, 0.05) is 18.1 Å². The molecular formula is C23H32BN2P. The van der Waals surface area contributed by atoms with Gasteiger partial charge in [-0.15, -0.1) is 7.80 Å². The zero-order chi connectivity index (χ0) is 19.6. The zero-order valence-electron chi connectivity index (χ0n) is 17.7. The van der Waals surface area contributed by atoms with Gasteiger partial charge in [-0.25, -0.2) is 0 Å². The highest BCUT2D eigenvalue weighted by molar-refractivity contribution is 7.92. The molecule has 2 nitrogen and oxygen atoms in total. The summed E-state index contributed by atoms with van der Waals surface area (Å²) in [6.07, 6.45) is 5.61. The molecule has 0 radical (unpaired) electrons. The fourth-order valence-electron chi connectivity index (χ4n) is 4.07. The Morgan fingerprint density at radius 1 is 0.963 bits per heavy atom. The fraction of sp³-hybridized carbons (Fsp3) is 0.391. The topological polar surface area (TPSA) is 6.48 Å². The van der Waals surface area contributed by atoms with Crippen LogP contribution < -0.4 is 10.2 Å². The molecule has 1 aliphatic rings. The second-order valence-corrected chi connectivity index (χ2v) is 11.8. The van der Waals surface area contributed by atoms with E-state index in [-0.39, 0.29) is 7.80 Å². The molecule has 27 heavy (non-hydrogen) atoms. The van der Waals surface area contributed by atoms with Crippen molar-refractivity contribution in [3.05, 3.63) is 71.6 Å². The van der Waals surface area contributed by atoms with Crippen molar-refractivity contribution < 1.29 is 0 Å². The number of hydrogen-bond acceptors (Lipinski definition) is 2. The van der Waals surface area contributed by atoms with E-state index < -0.39 is 0 Å². The Balaban J connectivity index is 1.67. The molecule has 0 saturated carbocycles. The maximum Gasteiger partial charge on any atom is 0.181 e. The molecule has 0 fully saturated rings. The lowest BCUT2D eigenvalue weighted by Gasteiger charge is -2.33. The van der Waals surface area contributed by atoms with Gasteiger partial charge in [0.15, 0.2) is 7.00 Å². The molecule has 0 N–H and O–H groups in total. The maximum atomic E-state index is 2.46. The van der Waals surface area contributed by atoms with Crippen LogP contribution in [0.3, 0.4) is 0 Å². The molecule has 2 aromatic carbocycles. The molecule has 2 aromatic rings. The van der Waals surface area contributed by atoms with Gasteiger partial charge in [0.2, 0.25) is 0 Å². The average Bonchev–Trinajstić information content (AvgIpc) is 3.02. The van der Waals surface area contributed by atoms with E-state index in [1.807, 2.05) is 0 Å². The number of aryl methyl sites for hydroxylation is 3. The van der Waals surface area contributed by atoms with Crippen LogP contribution in [0.2, 0.25) is 0 Å². The summed E-state index contributed by atoms with van der Waals surface area (Å²) in [5.74, 6) is 0. The minimum Gasteiger partial charge on any atom is -0.366 e. The standard InChI is InChI=1S/C23H32BN2P/c1-18-14-19(2)22(20(3)15-18)26-13-12-25(17-26)16-24-27(23(4,5)6)21-10-8-7-9-11-21/h7-15,24H,16-17H2,1-6H3. The lowest BCUT2D eigenvalue weighted by Crippen LogP contribution is -2.32. The first-order chi connectivity index (χ1) is 12.8. The van der Waals surface area contributed by atoms with Gasteiger partial charge in [0.1, 0.15) is 0 Å². The van der Waals surface area contributed by atoms with Gasteiger partial charge in [-0.1, -0.05) is 68.8 Å². The van der Waals surface area contributed by atoms with E-state index in [2.05, 4.69) is 106 Å². The third kappa shape index (κ3) is 4.77. The maximum absolute atomic E-state index is 2.46. The van der Waals surface area contributed by atoms with E-state index in [1.165, 1.54) is 34.7 Å². The van der Waals surface area contributed by atoms with E-state index in [1.54, 1.807) is 0 Å². The van der Waals surface area contributed by atoms with E-state index in [4.69, 9.17) is 0 Å². The van der Waals surface area contributed by atoms with Crippen molar-refractivity contribution in [1.82, 2.24) is 4.90 Å². The molecule has 1 heterocycles. The highest BCUT2D eigenvalue weighted by atomic mass is 31.1. The zero-order valence-corrected chi connectivity index (χ0v) is 18.6. The molecule has 0 bridgehead atoms. The lowest BCUT2D eigenvalue weighted by molar-refractivity contribution is 0.471. The second-order valence-electron chi connectivity index (χ2n) is 8.63. The van der Waals surface area contributed by atoms with E-state index in [0.29, 0.717) is 5.16 Å². The molecule has 3 rings (SSSR count). The first-order valence-electron chi connectivity index (χ1n) is 9.85. The quantitative estimate of drug-likeness (QED) is 0.529. The molecule has 0 saturated heterocycles. The molecule has 0 spiro atoms. The van der Waals surface area contributed by atoms with Crippen molar-refractivity contribution in [2.45, 2.75) is 46.7 Å². The van der Waals surface area contributed by atoms with Crippen molar-refractivity contribution >= 4 is 25.8 Å². The van der Waals surface area contributed by atoms with Gasteiger partial charge >= 0.3 is 0 Å². The van der Waals surface area contributed by atoms with Crippen molar-refractivity contribution in [1.29, 1.82) is 0 Å². The Hall–Kier alpha value is -1.73. The van der Waals surface area contributed by atoms with Crippen molar-refractivity contribution in [3.8, 4) is 0 Å². The third-order valence-electron chi connectivity index (χ3n) is 5.20. The minimum atomic E-state index is -0.192. The summed E-state index contributed by atoms with van der Waals surface area (Å²) in [4.78, 5) is 4.86. The molecule has 4 heteroatoms. The fourth-order valence-corrected chi connectivity index (χ4v) is 6.76. The van der Waals surface area contributed by atoms with Gasteiger partial charge in [-0.2, -0.15) is 0 Å². The predicted molar refractivity (Wildman–Crippen MR) is 124 cm³/mol. The summed E-state index contributed by atoms with van der Waals surface area (Å²) in [6.45, 7) is 16.0. The van der Waals surface area contributed by atoms with Crippen LogP contribution in [-0.2, 0) is 0 Å². The summed E-state index contributed by atoms with van der Waals surface area (Å²) in [7, 11) is -0.192. The van der Waals surface area contributed by atoms with Crippen LogP contribution in [0.4, 0.5) is 5.69 Å². The molecule has 0 aromatic heterocycles. The Labute approximate surface area is 167 Å². The van der Waals surface area contributed by atoms with Gasteiger partial charge in [0.05, 0.1) is 6.67 Å². The van der Waals surface area contributed by atoms with Gasteiger partial charge in [0.25, 0.3) is 0 Å². The molecule has 1 aliphatic heterocycles. The summed E-state index contributed by atoms with van der Waals surface area (Å²) >= 11 is 0. The van der Waals surface area contributed by atoms with Gasteiger partial charge in [-0.05, 0) is 48.8 Å². The second kappa shape index (κ2) is 8.11. The van der Waals surface area contributed by atoms with Crippen LogP contribution in [0.5, 0.6) is 0 Å². The van der Waals surface area contributed by atoms with Crippen LogP contribution in [0.1, 0.15) is 37.5 Å². The Morgan fingerprint density at radius 3 is 2.19 bits per heavy atom.